The van der Waals surface area contributed by atoms with Crippen LogP contribution in [0, 0.1) is 5.92 Å². The molecule has 2 aromatic rings. The highest BCUT2D eigenvalue weighted by Gasteiger charge is 2.24. The summed E-state index contributed by atoms with van der Waals surface area (Å²) in [7, 11) is 0. The maximum absolute atomic E-state index is 11.8. The lowest BCUT2D eigenvalue weighted by Crippen LogP contribution is -2.48. The molecule has 2 N–H and O–H groups in total. The molecule has 0 unspecified atom stereocenters. The Bertz CT molecular complexity index is 547. The van der Waals surface area contributed by atoms with Gasteiger partial charge in [-0.15, -0.1) is 0 Å². The van der Waals surface area contributed by atoms with E-state index in [-0.39, 0.29) is 11.8 Å². The zero-order valence-corrected chi connectivity index (χ0v) is 9.72. The van der Waals surface area contributed by atoms with E-state index in [2.05, 4.69) is 15.6 Å². The summed E-state index contributed by atoms with van der Waals surface area (Å²) >= 11 is 0. The molecule has 1 aliphatic heterocycles. The highest BCUT2D eigenvalue weighted by Crippen LogP contribution is 2.22. The number of carbonyl (C=O) groups excluding carboxylic acids is 1. The van der Waals surface area contributed by atoms with Gasteiger partial charge in [-0.05, 0) is 12.1 Å². The molecular formula is C13H13N3O2. The van der Waals surface area contributed by atoms with E-state index in [0.29, 0.717) is 5.76 Å². The number of rotatable bonds is 3. The van der Waals surface area contributed by atoms with Crippen LogP contribution in [-0.4, -0.2) is 24.0 Å². The van der Waals surface area contributed by atoms with E-state index >= 15 is 0 Å². The fraction of sp³-hybridized carbons (Fsp3) is 0.231. The van der Waals surface area contributed by atoms with Gasteiger partial charge in [-0.3, -0.25) is 4.79 Å². The van der Waals surface area contributed by atoms with Crippen molar-refractivity contribution in [3.8, 4) is 11.3 Å². The Morgan fingerprint density at radius 2 is 2.33 bits per heavy atom. The Morgan fingerprint density at radius 3 is 3.00 bits per heavy atom. The standard InChI is InChI=1S/C13H13N3O2/c17-13(10-5-14-6-10)16-11-3-1-2-9(4-11)12-7-15-8-18-12/h1-4,7-8,10,14H,5-6H2,(H,16,17). The lowest BCUT2D eigenvalue weighted by Gasteiger charge is -2.25. The number of oxazole rings is 1. The van der Waals surface area contributed by atoms with Gasteiger partial charge in [0.25, 0.3) is 0 Å². The largest absolute Gasteiger partial charge is 0.444 e. The van der Waals surface area contributed by atoms with Crippen LogP contribution in [0.25, 0.3) is 11.3 Å². The first-order valence-corrected chi connectivity index (χ1v) is 5.83. The molecule has 5 heteroatoms. The molecule has 0 aliphatic carbocycles. The number of carbonyl (C=O) groups is 1. The van der Waals surface area contributed by atoms with Crippen molar-refractivity contribution in [1.29, 1.82) is 0 Å². The van der Waals surface area contributed by atoms with Gasteiger partial charge in [0.15, 0.2) is 12.2 Å². The second-order valence-electron chi connectivity index (χ2n) is 4.29. The van der Waals surface area contributed by atoms with E-state index in [1.807, 2.05) is 24.3 Å². The number of hydrogen-bond donors (Lipinski definition) is 2. The summed E-state index contributed by atoms with van der Waals surface area (Å²) < 4.78 is 5.23. The molecule has 5 nitrogen and oxygen atoms in total. The Labute approximate surface area is 104 Å². The van der Waals surface area contributed by atoms with Gasteiger partial charge in [0.05, 0.1) is 12.1 Å². The molecule has 1 aromatic heterocycles. The Hall–Kier alpha value is -2.14. The van der Waals surface area contributed by atoms with Crippen LogP contribution in [0.1, 0.15) is 0 Å². The lowest BCUT2D eigenvalue weighted by molar-refractivity contribution is -0.121. The van der Waals surface area contributed by atoms with Gasteiger partial charge in [0.1, 0.15) is 0 Å². The van der Waals surface area contributed by atoms with Gasteiger partial charge >= 0.3 is 0 Å². The maximum atomic E-state index is 11.8. The maximum Gasteiger partial charge on any atom is 0.230 e. The molecule has 0 atom stereocenters. The summed E-state index contributed by atoms with van der Waals surface area (Å²) in [5, 5.41) is 5.98. The fourth-order valence-electron chi connectivity index (χ4n) is 1.83. The van der Waals surface area contributed by atoms with E-state index in [9.17, 15) is 4.79 Å². The van der Waals surface area contributed by atoms with E-state index < -0.39 is 0 Å². The third-order valence-corrected chi connectivity index (χ3v) is 3.00. The second kappa shape index (κ2) is 4.62. The van der Waals surface area contributed by atoms with Crippen molar-refractivity contribution < 1.29 is 9.21 Å². The molecule has 0 radical (unpaired) electrons. The van der Waals surface area contributed by atoms with Crippen molar-refractivity contribution in [3.05, 3.63) is 36.9 Å². The number of benzene rings is 1. The predicted molar refractivity (Wildman–Crippen MR) is 66.9 cm³/mol. The molecule has 0 saturated carbocycles. The van der Waals surface area contributed by atoms with Crippen LogP contribution in [0.3, 0.4) is 0 Å². The number of hydrogen-bond acceptors (Lipinski definition) is 4. The number of anilines is 1. The first-order chi connectivity index (χ1) is 8.83. The van der Waals surface area contributed by atoms with E-state index in [1.54, 1.807) is 6.20 Å². The summed E-state index contributed by atoms with van der Waals surface area (Å²) in [5.41, 5.74) is 1.68. The predicted octanol–water partition coefficient (Wildman–Crippen LogP) is 1.50. The molecule has 18 heavy (non-hydrogen) atoms. The molecule has 1 aromatic carbocycles. The zero-order chi connectivity index (χ0) is 12.4. The average molecular weight is 243 g/mol. The monoisotopic (exact) mass is 243 g/mol. The molecule has 0 bridgehead atoms. The first-order valence-electron chi connectivity index (χ1n) is 5.83. The fourth-order valence-corrected chi connectivity index (χ4v) is 1.83. The SMILES string of the molecule is O=C(Nc1cccc(-c2cnco2)c1)C1CNC1. The Kier molecular flexibility index (Phi) is 2.82. The van der Waals surface area contributed by atoms with Gasteiger partial charge in [-0.25, -0.2) is 4.98 Å². The molecular weight excluding hydrogens is 230 g/mol. The van der Waals surface area contributed by atoms with Crippen LogP contribution in [0.15, 0.2) is 41.3 Å². The normalized spacial score (nSPS) is 15.1. The molecule has 0 spiro atoms. The minimum atomic E-state index is 0.0588. The van der Waals surface area contributed by atoms with Crippen LogP contribution < -0.4 is 10.6 Å². The molecule has 92 valence electrons. The zero-order valence-electron chi connectivity index (χ0n) is 9.72. The van der Waals surface area contributed by atoms with E-state index in [4.69, 9.17) is 4.42 Å². The quantitative estimate of drug-likeness (QED) is 0.857. The summed E-state index contributed by atoms with van der Waals surface area (Å²) in [4.78, 5) is 15.7. The van der Waals surface area contributed by atoms with Gasteiger partial charge in [0, 0.05) is 24.3 Å². The lowest BCUT2D eigenvalue weighted by atomic mass is 10.0. The van der Waals surface area contributed by atoms with Gasteiger partial charge < -0.3 is 15.1 Å². The van der Waals surface area contributed by atoms with Crippen molar-refractivity contribution in [2.75, 3.05) is 18.4 Å². The number of amides is 1. The Morgan fingerprint density at radius 1 is 1.44 bits per heavy atom. The molecule has 1 fully saturated rings. The van der Waals surface area contributed by atoms with Crippen molar-refractivity contribution in [2.45, 2.75) is 0 Å². The summed E-state index contributed by atoms with van der Waals surface area (Å²) in [6, 6.07) is 7.54. The van der Waals surface area contributed by atoms with Gasteiger partial charge in [-0.1, -0.05) is 12.1 Å². The third kappa shape index (κ3) is 2.12. The number of aromatic nitrogens is 1. The van der Waals surface area contributed by atoms with Crippen LogP contribution >= 0.6 is 0 Å². The van der Waals surface area contributed by atoms with Crippen molar-refractivity contribution >= 4 is 11.6 Å². The number of nitrogens with zero attached hydrogens (tertiary/aromatic N) is 1. The molecule has 2 heterocycles. The van der Waals surface area contributed by atoms with Crippen LogP contribution in [0.2, 0.25) is 0 Å². The van der Waals surface area contributed by atoms with Crippen LogP contribution in [0.4, 0.5) is 5.69 Å². The van der Waals surface area contributed by atoms with Crippen LogP contribution in [0.5, 0.6) is 0 Å². The topological polar surface area (TPSA) is 67.2 Å². The van der Waals surface area contributed by atoms with Crippen molar-refractivity contribution in [1.82, 2.24) is 10.3 Å². The number of nitrogens with one attached hydrogen (secondary N) is 2. The molecule has 1 saturated heterocycles. The van der Waals surface area contributed by atoms with Crippen molar-refractivity contribution in [3.63, 3.8) is 0 Å². The molecule has 3 rings (SSSR count). The van der Waals surface area contributed by atoms with Crippen LogP contribution in [-0.2, 0) is 4.79 Å². The highest BCUT2D eigenvalue weighted by atomic mass is 16.3. The molecule has 1 amide bonds. The van der Waals surface area contributed by atoms with E-state index in [1.165, 1.54) is 6.39 Å². The smallest absolute Gasteiger partial charge is 0.230 e. The van der Waals surface area contributed by atoms with Crippen molar-refractivity contribution in [2.24, 2.45) is 5.92 Å². The summed E-state index contributed by atoms with van der Waals surface area (Å²) in [6.07, 6.45) is 3.04. The molecule has 1 aliphatic rings. The highest BCUT2D eigenvalue weighted by molar-refractivity contribution is 5.93. The Balaban J connectivity index is 1.76. The minimum Gasteiger partial charge on any atom is -0.444 e. The summed E-state index contributed by atoms with van der Waals surface area (Å²) in [6.45, 7) is 1.52. The summed E-state index contributed by atoms with van der Waals surface area (Å²) in [5.74, 6) is 0.832. The van der Waals surface area contributed by atoms with Gasteiger partial charge in [0.2, 0.25) is 5.91 Å². The second-order valence-corrected chi connectivity index (χ2v) is 4.29. The third-order valence-electron chi connectivity index (χ3n) is 3.00. The van der Waals surface area contributed by atoms with Gasteiger partial charge in [-0.2, -0.15) is 0 Å². The van der Waals surface area contributed by atoms with E-state index in [0.717, 1.165) is 24.3 Å². The first kappa shape index (κ1) is 11.0. The minimum absolute atomic E-state index is 0.0588. The average Bonchev–Trinajstić information content (AvgIpc) is 2.80.